The van der Waals surface area contributed by atoms with Gasteiger partial charge in [-0.15, -0.1) is 0 Å². The van der Waals surface area contributed by atoms with Crippen molar-refractivity contribution in [3.05, 3.63) is 41.7 Å². The Morgan fingerprint density at radius 2 is 2.06 bits per heavy atom. The fourth-order valence-electron chi connectivity index (χ4n) is 1.35. The second kappa shape index (κ2) is 4.93. The van der Waals surface area contributed by atoms with Crippen molar-refractivity contribution in [2.24, 2.45) is 0 Å². The number of nitrogens with zero attached hydrogens (tertiary/aromatic N) is 2. The summed E-state index contributed by atoms with van der Waals surface area (Å²) in [5.41, 5.74) is 12.3. The van der Waals surface area contributed by atoms with Crippen LogP contribution in [0.3, 0.4) is 0 Å². The Morgan fingerprint density at radius 3 is 2.72 bits per heavy atom. The van der Waals surface area contributed by atoms with E-state index in [1.54, 1.807) is 18.2 Å². The lowest BCUT2D eigenvalue weighted by atomic mass is 10.3. The summed E-state index contributed by atoms with van der Waals surface area (Å²) in [5.74, 6) is 1.13. The quantitative estimate of drug-likeness (QED) is 0.831. The van der Waals surface area contributed by atoms with Crippen molar-refractivity contribution in [1.82, 2.24) is 9.97 Å². The van der Waals surface area contributed by atoms with Gasteiger partial charge in [0.25, 0.3) is 0 Å². The molecule has 0 radical (unpaired) electrons. The molecule has 0 aliphatic heterocycles. The zero-order chi connectivity index (χ0) is 13.1. The summed E-state index contributed by atoms with van der Waals surface area (Å²) < 4.78 is 5.57. The standard InChI is InChI=1S/C12H11ClN4O/c1-2-8-11(15)16-6-17-12(8)18-7-3-4-10(14)9(13)5-7/h2-6H,1,14H2,(H2,15,16,17). The van der Waals surface area contributed by atoms with E-state index in [1.165, 1.54) is 12.4 Å². The summed E-state index contributed by atoms with van der Waals surface area (Å²) in [5, 5.41) is 0.412. The smallest absolute Gasteiger partial charge is 0.231 e. The third-order valence-corrected chi connectivity index (χ3v) is 2.60. The van der Waals surface area contributed by atoms with Crippen LogP contribution < -0.4 is 16.2 Å². The van der Waals surface area contributed by atoms with E-state index in [0.717, 1.165) is 0 Å². The summed E-state index contributed by atoms with van der Waals surface area (Å²) in [7, 11) is 0. The van der Waals surface area contributed by atoms with Crippen molar-refractivity contribution in [3.63, 3.8) is 0 Å². The second-order valence-corrected chi connectivity index (χ2v) is 3.87. The molecule has 4 N–H and O–H groups in total. The molecule has 2 aromatic rings. The third-order valence-electron chi connectivity index (χ3n) is 2.27. The molecule has 1 heterocycles. The van der Waals surface area contributed by atoms with Crippen molar-refractivity contribution in [2.45, 2.75) is 0 Å². The number of hydrogen-bond donors (Lipinski definition) is 2. The van der Waals surface area contributed by atoms with Crippen LogP contribution in [0.5, 0.6) is 11.6 Å². The number of rotatable bonds is 3. The molecule has 0 bridgehead atoms. The fourth-order valence-corrected chi connectivity index (χ4v) is 1.52. The molecular formula is C12H11ClN4O. The molecule has 0 saturated carbocycles. The molecule has 2 rings (SSSR count). The Balaban J connectivity index is 2.36. The Kier molecular flexibility index (Phi) is 3.34. The summed E-state index contributed by atoms with van der Waals surface area (Å²) in [6, 6.07) is 4.93. The predicted octanol–water partition coefficient (Wildman–Crippen LogP) is 2.73. The second-order valence-electron chi connectivity index (χ2n) is 3.47. The molecule has 0 aliphatic rings. The van der Waals surface area contributed by atoms with Crippen LogP contribution >= 0.6 is 11.6 Å². The zero-order valence-corrected chi connectivity index (χ0v) is 10.2. The van der Waals surface area contributed by atoms with E-state index >= 15 is 0 Å². The average molecular weight is 263 g/mol. The van der Waals surface area contributed by atoms with Crippen LogP contribution in [0.1, 0.15) is 5.56 Å². The highest BCUT2D eigenvalue weighted by Gasteiger charge is 2.09. The lowest BCUT2D eigenvalue weighted by Gasteiger charge is -2.09. The minimum Gasteiger partial charge on any atom is -0.438 e. The van der Waals surface area contributed by atoms with Crippen LogP contribution in [0.15, 0.2) is 31.1 Å². The number of nitrogens with two attached hydrogens (primary N) is 2. The van der Waals surface area contributed by atoms with Crippen molar-refractivity contribution in [2.75, 3.05) is 11.5 Å². The van der Waals surface area contributed by atoms with E-state index in [0.29, 0.717) is 33.7 Å². The van der Waals surface area contributed by atoms with Gasteiger partial charge in [-0.05, 0) is 12.1 Å². The van der Waals surface area contributed by atoms with Crippen LogP contribution in [-0.4, -0.2) is 9.97 Å². The number of benzene rings is 1. The molecule has 6 heteroatoms. The molecule has 0 fully saturated rings. The van der Waals surface area contributed by atoms with Crippen LogP contribution in [0, 0.1) is 0 Å². The molecule has 0 aliphatic carbocycles. The van der Waals surface area contributed by atoms with E-state index in [1.807, 2.05) is 0 Å². The van der Waals surface area contributed by atoms with E-state index in [-0.39, 0.29) is 0 Å². The van der Waals surface area contributed by atoms with Gasteiger partial charge >= 0.3 is 0 Å². The molecule has 18 heavy (non-hydrogen) atoms. The highest BCUT2D eigenvalue weighted by molar-refractivity contribution is 6.33. The van der Waals surface area contributed by atoms with Gasteiger partial charge < -0.3 is 16.2 Å². The van der Waals surface area contributed by atoms with Gasteiger partial charge in [0.15, 0.2) is 0 Å². The molecule has 0 atom stereocenters. The number of nitrogen functional groups attached to an aromatic ring is 2. The van der Waals surface area contributed by atoms with Gasteiger partial charge in [0.2, 0.25) is 5.88 Å². The van der Waals surface area contributed by atoms with Gasteiger partial charge in [-0.25, -0.2) is 9.97 Å². The summed E-state index contributed by atoms with van der Waals surface area (Å²) >= 11 is 5.90. The first-order chi connectivity index (χ1) is 8.61. The van der Waals surface area contributed by atoms with E-state index in [9.17, 15) is 0 Å². The van der Waals surface area contributed by atoms with Gasteiger partial charge in [0.1, 0.15) is 17.9 Å². The molecule has 0 spiro atoms. The zero-order valence-electron chi connectivity index (χ0n) is 9.43. The maximum atomic E-state index is 5.90. The van der Waals surface area contributed by atoms with Gasteiger partial charge in [-0.3, -0.25) is 0 Å². The Hall–Kier alpha value is -2.27. The Bertz CT molecular complexity index is 601. The maximum Gasteiger partial charge on any atom is 0.231 e. The topological polar surface area (TPSA) is 87.0 Å². The predicted molar refractivity (Wildman–Crippen MR) is 72.5 cm³/mol. The first kappa shape index (κ1) is 12.2. The van der Waals surface area contributed by atoms with Crippen LogP contribution in [0.25, 0.3) is 6.08 Å². The molecule has 0 saturated heterocycles. The van der Waals surface area contributed by atoms with Crippen molar-refractivity contribution >= 4 is 29.2 Å². The normalized spacial score (nSPS) is 10.1. The van der Waals surface area contributed by atoms with Crippen molar-refractivity contribution in [1.29, 1.82) is 0 Å². The van der Waals surface area contributed by atoms with E-state index in [2.05, 4.69) is 16.5 Å². The fraction of sp³-hybridized carbons (Fsp3) is 0. The van der Waals surface area contributed by atoms with Gasteiger partial charge in [-0.1, -0.05) is 24.3 Å². The first-order valence-electron chi connectivity index (χ1n) is 5.07. The number of aromatic nitrogens is 2. The van der Waals surface area contributed by atoms with Crippen molar-refractivity contribution in [3.8, 4) is 11.6 Å². The molecule has 5 nitrogen and oxygen atoms in total. The number of ether oxygens (including phenoxy) is 1. The lowest BCUT2D eigenvalue weighted by Crippen LogP contribution is -1.99. The van der Waals surface area contributed by atoms with Gasteiger partial charge in [0.05, 0.1) is 16.3 Å². The highest BCUT2D eigenvalue weighted by atomic mass is 35.5. The highest BCUT2D eigenvalue weighted by Crippen LogP contribution is 2.30. The minimum absolute atomic E-state index is 0.302. The molecule has 92 valence electrons. The first-order valence-corrected chi connectivity index (χ1v) is 5.45. The molecule has 1 aromatic carbocycles. The average Bonchev–Trinajstić information content (AvgIpc) is 2.34. The lowest BCUT2D eigenvalue weighted by molar-refractivity contribution is 0.461. The largest absolute Gasteiger partial charge is 0.438 e. The molecule has 0 amide bonds. The van der Waals surface area contributed by atoms with E-state index < -0.39 is 0 Å². The summed E-state index contributed by atoms with van der Waals surface area (Å²) in [6.45, 7) is 3.64. The monoisotopic (exact) mass is 262 g/mol. The molecule has 0 unspecified atom stereocenters. The summed E-state index contributed by atoms with van der Waals surface area (Å²) in [6.07, 6.45) is 2.85. The SMILES string of the molecule is C=Cc1c(N)ncnc1Oc1ccc(N)c(Cl)c1. The molecular weight excluding hydrogens is 252 g/mol. The van der Waals surface area contributed by atoms with Crippen LogP contribution in [0.2, 0.25) is 5.02 Å². The van der Waals surface area contributed by atoms with Gasteiger partial charge in [0, 0.05) is 6.07 Å². The minimum atomic E-state index is 0.302. The molecule has 1 aromatic heterocycles. The number of anilines is 2. The Morgan fingerprint density at radius 1 is 1.28 bits per heavy atom. The van der Waals surface area contributed by atoms with E-state index in [4.69, 9.17) is 27.8 Å². The summed E-state index contributed by atoms with van der Waals surface area (Å²) in [4.78, 5) is 7.85. The third kappa shape index (κ3) is 2.36. The van der Waals surface area contributed by atoms with Crippen molar-refractivity contribution < 1.29 is 4.74 Å². The van der Waals surface area contributed by atoms with Crippen LogP contribution in [-0.2, 0) is 0 Å². The Labute approximate surface area is 109 Å². The number of hydrogen-bond acceptors (Lipinski definition) is 5. The maximum absolute atomic E-state index is 5.90. The van der Waals surface area contributed by atoms with Gasteiger partial charge in [-0.2, -0.15) is 0 Å². The number of halogens is 1. The van der Waals surface area contributed by atoms with Crippen LogP contribution in [0.4, 0.5) is 11.5 Å².